The van der Waals surface area contributed by atoms with Crippen LogP contribution in [-0.4, -0.2) is 70.1 Å². The van der Waals surface area contributed by atoms with Crippen LogP contribution in [0, 0.1) is 0 Å². The number of nitrogens with zero attached hydrogens (tertiary/aromatic N) is 1. The zero-order valence-electron chi connectivity index (χ0n) is 30.9. The summed E-state index contributed by atoms with van der Waals surface area (Å²) in [5, 5.41) is 4.93. The molecule has 0 amide bonds. The minimum Gasteiger partial charge on any atom is -0.368 e. The minimum atomic E-state index is -0.0152. The molecule has 3 aliphatic heterocycles. The van der Waals surface area contributed by atoms with E-state index in [9.17, 15) is 0 Å². The lowest BCUT2D eigenvalue weighted by molar-refractivity contribution is -0.164. The van der Waals surface area contributed by atoms with Crippen molar-refractivity contribution in [3.05, 3.63) is 141 Å². The molecule has 0 radical (unpaired) electrons. The van der Waals surface area contributed by atoms with Crippen LogP contribution in [0.5, 0.6) is 0 Å². The van der Waals surface area contributed by atoms with E-state index in [1.54, 1.807) is 0 Å². The Morgan fingerprint density at radius 2 is 1.17 bits per heavy atom. The highest BCUT2D eigenvalue weighted by molar-refractivity contribution is 6.30. The molecule has 7 rings (SSSR count). The van der Waals surface area contributed by atoms with Gasteiger partial charge in [0, 0.05) is 56.0 Å². The molecule has 3 heterocycles. The molecule has 4 aromatic rings. The van der Waals surface area contributed by atoms with E-state index in [1.807, 2.05) is 42.5 Å². The van der Waals surface area contributed by atoms with Gasteiger partial charge in [0.2, 0.25) is 0 Å². The summed E-state index contributed by atoms with van der Waals surface area (Å²) < 4.78 is 27.8. The van der Waals surface area contributed by atoms with E-state index in [4.69, 9.17) is 46.9 Å². The van der Waals surface area contributed by atoms with E-state index < -0.39 is 0 Å². The van der Waals surface area contributed by atoms with Gasteiger partial charge in [-0.25, -0.2) is 0 Å². The van der Waals surface area contributed by atoms with Gasteiger partial charge in [-0.1, -0.05) is 108 Å². The summed E-state index contributed by atoms with van der Waals surface area (Å²) in [4.78, 5) is 2.45. The molecule has 2 unspecified atom stereocenters. The molecule has 0 aromatic heterocycles. The zero-order valence-corrected chi connectivity index (χ0v) is 32.4. The third kappa shape index (κ3) is 17.5. The maximum atomic E-state index is 5.99. The van der Waals surface area contributed by atoms with Gasteiger partial charge in [-0.05, 0) is 91.5 Å². The number of benzene rings is 4. The Labute approximate surface area is 326 Å². The quantitative estimate of drug-likeness (QED) is 0.0901. The standard InChI is InChI=1S/C22H28ClNO2.C14H21NO2.C8H7ClO/c23-21-11-9-19(10-12-21)13-14-24(18-20-6-2-1-3-7-20)15-17-26-22-8-4-5-16-25-22;1-2-6-13(7-3-1)12-15-9-11-17-14-8-4-5-10-16-14;9-7-3-1-6(2-4-7)8-5-10-8/h1-3,6-7,9-12,22H,4-5,8,13-18H2;1-3,6-7,14-15H,4-5,8-12H2;1-4,8H,5H2/t;;8-/m..0/s1. The summed E-state index contributed by atoms with van der Waals surface area (Å²) in [6, 6.07) is 36.9. The molecule has 3 aliphatic rings. The number of epoxide rings is 1. The molecular weight excluding hydrogens is 707 g/mol. The van der Waals surface area contributed by atoms with Crippen molar-refractivity contribution in [3.63, 3.8) is 0 Å². The molecule has 53 heavy (non-hydrogen) atoms. The summed E-state index contributed by atoms with van der Waals surface area (Å²) in [6.45, 7) is 8.57. The van der Waals surface area contributed by atoms with Crippen LogP contribution >= 0.6 is 23.2 Å². The summed E-state index contributed by atoms with van der Waals surface area (Å²) in [6.07, 6.45) is 8.18. The molecule has 0 saturated carbocycles. The maximum absolute atomic E-state index is 5.99. The normalized spacial score (nSPS) is 19.4. The van der Waals surface area contributed by atoms with E-state index in [-0.39, 0.29) is 12.6 Å². The fourth-order valence-corrected chi connectivity index (χ4v) is 6.31. The second-order valence-corrected chi connectivity index (χ2v) is 14.4. The monoisotopic (exact) mass is 762 g/mol. The topological polar surface area (TPSA) is 64.7 Å². The van der Waals surface area contributed by atoms with Crippen molar-refractivity contribution in [2.75, 3.05) is 52.7 Å². The van der Waals surface area contributed by atoms with Crippen molar-refractivity contribution < 1.29 is 23.7 Å². The number of ether oxygens (including phenoxy) is 5. The first-order chi connectivity index (χ1) is 26.1. The lowest BCUT2D eigenvalue weighted by Crippen LogP contribution is -2.32. The number of hydrogen-bond donors (Lipinski definition) is 1. The van der Waals surface area contributed by atoms with Gasteiger partial charge in [-0.15, -0.1) is 0 Å². The highest BCUT2D eigenvalue weighted by atomic mass is 35.5. The van der Waals surface area contributed by atoms with Gasteiger partial charge in [0.15, 0.2) is 12.6 Å². The predicted octanol–water partition coefficient (Wildman–Crippen LogP) is 9.66. The van der Waals surface area contributed by atoms with Crippen LogP contribution in [0.1, 0.15) is 66.9 Å². The van der Waals surface area contributed by atoms with Crippen LogP contribution in [0.25, 0.3) is 0 Å². The number of nitrogens with one attached hydrogen (secondary N) is 1. The van der Waals surface area contributed by atoms with Crippen molar-refractivity contribution in [2.45, 2.75) is 76.7 Å². The van der Waals surface area contributed by atoms with Crippen LogP contribution in [0.4, 0.5) is 0 Å². The van der Waals surface area contributed by atoms with Crippen LogP contribution < -0.4 is 5.32 Å². The average Bonchev–Trinajstić information content (AvgIpc) is 4.06. The Kier molecular flexibility index (Phi) is 19.2. The molecule has 3 atom stereocenters. The maximum Gasteiger partial charge on any atom is 0.157 e. The van der Waals surface area contributed by atoms with Crippen LogP contribution in [0.15, 0.2) is 109 Å². The number of rotatable bonds is 16. The van der Waals surface area contributed by atoms with Crippen LogP contribution in [0.3, 0.4) is 0 Å². The molecular formula is C44H56Cl2N2O5. The summed E-state index contributed by atoms with van der Waals surface area (Å²) in [5.41, 5.74) is 5.17. The van der Waals surface area contributed by atoms with Crippen LogP contribution in [-0.2, 0) is 43.2 Å². The number of halogens is 2. The van der Waals surface area contributed by atoms with Crippen molar-refractivity contribution >= 4 is 23.2 Å². The van der Waals surface area contributed by atoms with Gasteiger partial charge in [0.1, 0.15) is 6.10 Å². The van der Waals surface area contributed by atoms with Gasteiger partial charge < -0.3 is 29.0 Å². The summed E-state index contributed by atoms with van der Waals surface area (Å²) >= 11 is 11.7. The highest BCUT2D eigenvalue weighted by Gasteiger charge is 2.24. The molecule has 3 fully saturated rings. The second kappa shape index (κ2) is 24.6. The van der Waals surface area contributed by atoms with Gasteiger partial charge >= 0.3 is 0 Å². The Morgan fingerprint density at radius 3 is 1.74 bits per heavy atom. The fraction of sp³-hybridized carbons (Fsp3) is 0.455. The Morgan fingerprint density at radius 1 is 0.604 bits per heavy atom. The largest absolute Gasteiger partial charge is 0.368 e. The van der Waals surface area contributed by atoms with E-state index in [1.165, 1.54) is 41.5 Å². The van der Waals surface area contributed by atoms with E-state index in [2.05, 4.69) is 76.9 Å². The van der Waals surface area contributed by atoms with Crippen molar-refractivity contribution in [2.24, 2.45) is 0 Å². The Balaban J connectivity index is 0.000000170. The third-order valence-electron chi connectivity index (χ3n) is 9.20. The highest BCUT2D eigenvalue weighted by Crippen LogP contribution is 2.30. The van der Waals surface area contributed by atoms with Gasteiger partial charge in [0.25, 0.3) is 0 Å². The Hall–Kier alpha value is -2.82. The molecule has 0 aliphatic carbocycles. The minimum absolute atomic E-state index is 0.0152. The number of hydrogen-bond acceptors (Lipinski definition) is 7. The zero-order chi connectivity index (χ0) is 36.8. The average molecular weight is 764 g/mol. The lowest BCUT2D eigenvalue weighted by atomic mass is 10.1. The Bertz CT molecular complexity index is 1500. The first-order valence-corrected chi connectivity index (χ1v) is 19.9. The van der Waals surface area contributed by atoms with E-state index >= 15 is 0 Å². The van der Waals surface area contributed by atoms with Crippen molar-refractivity contribution in [3.8, 4) is 0 Å². The van der Waals surface area contributed by atoms with Crippen molar-refractivity contribution in [1.82, 2.24) is 10.2 Å². The molecule has 1 N–H and O–H groups in total. The van der Waals surface area contributed by atoms with E-state index in [0.717, 1.165) is 94.9 Å². The van der Waals surface area contributed by atoms with Gasteiger partial charge in [-0.3, -0.25) is 4.90 Å². The lowest BCUT2D eigenvalue weighted by Gasteiger charge is -2.26. The summed E-state index contributed by atoms with van der Waals surface area (Å²) in [5.74, 6) is 0. The van der Waals surface area contributed by atoms with Gasteiger partial charge in [0.05, 0.1) is 19.8 Å². The molecule has 9 heteroatoms. The fourth-order valence-electron chi connectivity index (χ4n) is 6.06. The first-order valence-electron chi connectivity index (χ1n) is 19.2. The second-order valence-electron chi connectivity index (χ2n) is 13.5. The molecule has 286 valence electrons. The smallest absolute Gasteiger partial charge is 0.157 e. The predicted molar refractivity (Wildman–Crippen MR) is 214 cm³/mol. The van der Waals surface area contributed by atoms with E-state index in [0.29, 0.717) is 12.7 Å². The van der Waals surface area contributed by atoms with Gasteiger partial charge in [-0.2, -0.15) is 0 Å². The first kappa shape index (κ1) is 41.3. The molecule has 0 bridgehead atoms. The van der Waals surface area contributed by atoms with Crippen LogP contribution in [0.2, 0.25) is 10.0 Å². The SMILES string of the molecule is Clc1ccc(CCN(CCOC2CCCCO2)Cc2ccccc2)cc1.Clc1ccc([C@@H]2CO2)cc1.c1ccc(CNCCOC2CCCCO2)cc1. The molecule has 3 saturated heterocycles. The molecule has 0 spiro atoms. The summed E-state index contributed by atoms with van der Waals surface area (Å²) in [7, 11) is 0. The third-order valence-corrected chi connectivity index (χ3v) is 9.70. The van der Waals surface area contributed by atoms with Crippen molar-refractivity contribution in [1.29, 1.82) is 0 Å². The molecule has 4 aromatic carbocycles. The molecule has 7 nitrogen and oxygen atoms in total.